The van der Waals surface area contributed by atoms with Gasteiger partial charge in [-0.05, 0) is 83.1 Å². The fourth-order valence-corrected chi connectivity index (χ4v) is 10.3. The molecular weight excluding hydrogens is 441 g/mol. The zero-order valence-electron chi connectivity index (χ0n) is 21.3. The Kier molecular flexibility index (Phi) is 7.84. The lowest BCUT2D eigenvalue weighted by molar-refractivity contribution is -0.120. The number of amides is 2. The Balaban J connectivity index is 1.90. The fourth-order valence-electron chi connectivity index (χ4n) is 5.53. The molecule has 2 aromatic rings. The Bertz CT molecular complexity index is 1100. The molecule has 2 aromatic carbocycles. The predicted octanol–water partition coefficient (Wildman–Crippen LogP) is 7.03. The molecule has 6 heteroatoms. The molecule has 5 nitrogen and oxygen atoms in total. The van der Waals surface area contributed by atoms with Crippen molar-refractivity contribution in [3.05, 3.63) is 64.0 Å². The van der Waals surface area contributed by atoms with E-state index in [1.165, 1.54) is 0 Å². The number of hydrogen-bond acceptors (Lipinski definition) is 2. The molecule has 0 aliphatic heterocycles. The summed E-state index contributed by atoms with van der Waals surface area (Å²) in [6, 6.07) is 9.66. The van der Waals surface area contributed by atoms with Crippen LogP contribution in [0.15, 0.2) is 30.3 Å². The molecule has 1 aliphatic rings. The van der Waals surface area contributed by atoms with E-state index in [4.69, 9.17) is 6.57 Å². The molecule has 180 valence electrons. The van der Waals surface area contributed by atoms with Crippen LogP contribution in [0.3, 0.4) is 0 Å². The number of aryl methyl sites for hydroxylation is 4. The predicted molar refractivity (Wildman–Crippen MR) is 145 cm³/mol. The smallest absolute Gasteiger partial charge is 0.268 e. The first-order chi connectivity index (χ1) is 16.1. The molecule has 0 bridgehead atoms. The van der Waals surface area contributed by atoms with Gasteiger partial charge in [-0.2, -0.15) is 0 Å². The van der Waals surface area contributed by atoms with Crippen LogP contribution in [0.5, 0.6) is 0 Å². The van der Waals surface area contributed by atoms with Crippen molar-refractivity contribution in [2.45, 2.75) is 66.0 Å². The first-order valence-electron chi connectivity index (χ1n) is 12.2. The Labute approximate surface area is 204 Å². The van der Waals surface area contributed by atoms with Crippen LogP contribution in [0.25, 0.3) is 4.85 Å². The summed E-state index contributed by atoms with van der Waals surface area (Å²) in [5.74, 6) is 0.0692. The molecule has 0 radical (unpaired) electrons. The van der Waals surface area contributed by atoms with Crippen LogP contribution in [0.2, 0.25) is 0 Å². The van der Waals surface area contributed by atoms with Gasteiger partial charge in [-0.1, -0.05) is 30.3 Å². The number of rotatable bonds is 8. The van der Waals surface area contributed by atoms with Gasteiger partial charge in [0.05, 0.1) is 18.9 Å². The van der Waals surface area contributed by atoms with E-state index in [-0.39, 0.29) is 11.8 Å². The van der Waals surface area contributed by atoms with Gasteiger partial charge >= 0.3 is 0 Å². The second-order valence-electron chi connectivity index (χ2n) is 9.66. The van der Waals surface area contributed by atoms with E-state index in [2.05, 4.69) is 29.3 Å². The van der Waals surface area contributed by atoms with E-state index in [0.717, 1.165) is 65.2 Å². The number of carbonyl (C=O) groups is 2. The lowest BCUT2D eigenvalue weighted by Crippen LogP contribution is -2.53. The van der Waals surface area contributed by atoms with E-state index in [9.17, 15) is 9.59 Å². The van der Waals surface area contributed by atoms with Crippen LogP contribution >= 0.6 is 7.26 Å². The minimum atomic E-state index is -1.93. The summed E-state index contributed by atoms with van der Waals surface area (Å²) in [6.07, 6.45) is 4.85. The summed E-state index contributed by atoms with van der Waals surface area (Å²) in [5.41, 5.74) is 6.17. The van der Waals surface area contributed by atoms with Gasteiger partial charge in [0, 0.05) is 18.6 Å². The van der Waals surface area contributed by atoms with Gasteiger partial charge in [-0.25, -0.2) is 4.85 Å². The van der Waals surface area contributed by atoms with Crippen molar-refractivity contribution in [2.24, 2.45) is 0 Å². The van der Waals surface area contributed by atoms with Crippen molar-refractivity contribution < 1.29 is 9.59 Å². The van der Waals surface area contributed by atoms with Gasteiger partial charge in [0.1, 0.15) is 6.16 Å². The van der Waals surface area contributed by atoms with E-state index in [1.54, 1.807) is 0 Å². The molecule has 34 heavy (non-hydrogen) atoms. The van der Waals surface area contributed by atoms with Crippen molar-refractivity contribution >= 4 is 36.1 Å². The molecule has 3 rings (SSSR count). The van der Waals surface area contributed by atoms with E-state index >= 15 is 0 Å². The number of carbonyl (C=O) groups excluding carboxylic acids is 2. The third-order valence-electron chi connectivity index (χ3n) is 7.80. The molecule has 1 aliphatic carbocycles. The molecule has 0 aromatic heterocycles. The monoisotopic (exact) mass is 478 g/mol. The summed E-state index contributed by atoms with van der Waals surface area (Å²) in [4.78, 5) is 30.8. The summed E-state index contributed by atoms with van der Waals surface area (Å²) in [6.45, 7) is 19.5. The first-order valence-corrected chi connectivity index (χ1v) is 14.5. The SMILES string of the molecule is [C-]#[N+]c1cc(C)c(NC(=O)C2([P+](CC)(CC)CC(=O)Nc3c(C)cccc3C)CCC2)c(C)c1. The van der Waals surface area contributed by atoms with Crippen molar-refractivity contribution in [3.63, 3.8) is 0 Å². The van der Waals surface area contributed by atoms with Gasteiger partial charge < -0.3 is 10.6 Å². The van der Waals surface area contributed by atoms with Crippen molar-refractivity contribution in [1.82, 2.24) is 0 Å². The number of anilines is 2. The number of benzene rings is 2. The van der Waals surface area contributed by atoms with Crippen molar-refractivity contribution in [2.75, 3.05) is 29.1 Å². The Morgan fingerprint density at radius 1 is 0.941 bits per heavy atom. The number of para-hydroxylation sites is 1. The molecule has 0 saturated heterocycles. The second-order valence-corrected chi connectivity index (χ2v) is 14.4. The minimum absolute atomic E-state index is 0.0160. The van der Waals surface area contributed by atoms with Gasteiger partial charge in [-0.3, -0.25) is 9.59 Å². The molecule has 1 fully saturated rings. The van der Waals surface area contributed by atoms with Gasteiger partial charge in [0.15, 0.2) is 10.8 Å². The lowest BCUT2D eigenvalue weighted by Gasteiger charge is -2.48. The summed E-state index contributed by atoms with van der Waals surface area (Å²) in [5, 5.41) is 5.95. The highest BCUT2D eigenvalue weighted by atomic mass is 31.2. The van der Waals surface area contributed by atoms with E-state index in [0.29, 0.717) is 11.8 Å². The third-order valence-corrected chi connectivity index (χ3v) is 13.6. The molecule has 0 spiro atoms. The topological polar surface area (TPSA) is 62.6 Å². The van der Waals surface area contributed by atoms with Crippen molar-refractivity contribution in [3.8, 4) is 0 Å². The third kappa shape index (κ3) is 4.62. The number of nitrogens with zero attached hydrogens (tertiary/aromatic N) is 1. The standard InChI is InChI=1S/C28H36N3O2P/c1-8-34(9-2,18-24(32)30-25-19(3)12-10-13-20(25)4)28(14-11-15-28)27(33)31-26-21(5)16-23(29-7)17-22(26)6/h10,12-13,16-17H,8-9,11,14-15,18H2,1-6H3,(H-,30,31,32,33)/p+1. The molecule has 2 N–H and O–H groups in total. The van der Waals surface area contributed by atoms with Gasteiger partial charge in [0.2, 0.25) is 0 Å². The highest BCUT2D eigenvalue weighted by Gasteiger charge is 2.64. The average molecular weight is 479 g/mol. The Hall–Kier alpha value is -2.70. The minimum Gasteiger partial charge on any atom is -0.322 e. The van der Waals surface area contributed by atoms with Crippen molar-refractivity contribution in [1.29, 1.82) is 0 Å². The first kappa shape index (κ1) is 25.9. The maximum absolute atomic E-state index is 13.9. The van der Waals surface area contributed by atoms with Crippen LogP contribution in [0.4, 0.5) is 17.1 Å². The molecule has 0 atom stereocenters. The quantitative estimate of drug-likeness (QED) is 0.316. The zero-order valence-corrected chi connectivity index (χ0v) is 22.2. The number of nitrogens with one attached hydrogen (secondary N) is 2. The van der Waals surface area contributed by atoms with Crippen LogP contribution in [-0.4, -0.2) is 35.5 Å². The van der Waals surface area contributed by atoms with E-state index in [1.807, 2.05) is 58.0 Å². The maximum Gasteiger partial charge on any atom is 0.268 e. The largest absolute Gasteiger partial charge is 0.322 e. The molecule has 2 amide bonds. The normalized spacial score (nSPS) is 14.6. The van der Waals surface area contributed by atoms with Gasteiger partial charge in [-0.15, -0.1) is 0 Å². The molecule has 0 heterocycles. The number of hydrogen-bond donors (Lipinski definition) is 2. The van der Waals surface area contributed by atoms with Crippen LogP contribution in [0.1, 0.15) is 55.4 Å². The summed E-state index contributed by atoms with van der Waals surface area (Å²) in [7, 11) is -1.93. The Morgan fingerprint density at radius 3 is 1.91 bits per heavy atom. The fraction of sp³-hybridized carbons (Fsp3) is 0.464. The summed E-state index contributed by atoms with van der Waals surface area (Å²) < 4.78 is 0. The zero-order chi connectivity index (χ0) is 25.1. The van der Waals surface area contributed by atoms with Gasteiger partial charge in [0.25, 0.3) is 11.8 Å². The van der Waals surface area contributed by atoms with Crippen LogP contribution < -0.4 is 10.6 Å². The highest BCUT2D eigenvalue weighted by molar-refractivity contribution is 7.79. The maximum atomic E-state index is 13.9. The average Bonchev–Trinajstić information content (AvgIpc) is 2.77. The van der Waals surface area contributed by atoms with Crippen LogP contribution in [-0.2, 0) is 9.59 Å². The summed E-state index contributed by atoms with van der Waals surface area (Å²) >= 11 is 0. The second kappa shape index (κ2) is 10.3. The highest BCUT2D eigenvalue weighted by Crippen LogP contribution is 2.74. The van der Waals surface area contributed by atoms with Crippen LogP contribution in [0, 0.1) is 34.3 Å². The lowest BCUT2D eigenvalue weighted by atomic mass is 9.83. The molecular formula is C28H37N3O2P+. The Morgan fingerprint density at radius 2 is 1.47 bits per heavy atom. The van der Waals surface area contributed by atoms with E-state index < -0.39 is 12.4 Å². The molecule has 0 unspecified atom stereocenters. The molecule has 1 saturated carbocycles.